The Labute approximate surface area is 133 Å². The molecular weight excluding hydrogens is 253 g/mol. The van der Waals surface area contributed by atoms with E-state index < -0.39 is 36.0 Å². The third-order valence-electron chi connectivity index (χ3n) is 4.68. The van der Waals surface area contributed by atoms with E-state index in [4.69, 9.17) is 0 Å². The normalized spacial score (nSPS) is 41.4. The monoisotopic (exact) mass is 264 g/mol. The van der Waals surface area contributed by atoms with Gasteiger partial charge in [-0.25, -0.2) is 8.78 Å². The van der Waals surface area contributed by atoms with Crippen molar-refractivity contribution in [1.29, 1.82) is 0 Å². The summed E-state index contributed by atoms with van der Waals surface area (Å²) in [5, 5.41) is 0. The first-order valence-electron chi connectivity index (χ1n) is 5.33. The van der Waals surface area contributed by atoms with Crippen molar-refractivity contribution in [2.75, 3.05) is 0 Å². The molecule has 7 heteroatoms. The van der Waals surface area contributed by atoms with Gasteiger partial charge in [-0.05, 0) is 25.7 Å². The fraction of sp³-hybridized carbons (Fsp3) is 1.00. The minimum Gasteiger partial charge on any atom is -0.449 e. The Balaban J connectivity index is 0.000000963. The van der Waals surface area contributed by atoms with Gasteiger partial charge in [-0.15, -0.1) is 0 Å². The summed E-state index contributed by atoms with van der Waals surface area (Å²) in [6.07, 6.45) is 0.407. The van der Waals surface area contributed by atoms with Gasteiger partial charge in [0.1, 0.15) is 0 Å². The molecular formula is C9H11BF5K. The van der Waals surface area contributed by atoms with Crippen LogP contribution in [-0.4, -0.2) is 12.9 Å². The summed E-state index contributed by atoms with van der Waals surface area (Å²) < 4.78 is 63.0. The molecule has 0 unspecified atom stereocenters. The van der Waals surface area contributed by atoms with E-state index in [1.165, 1.54) is 0 Å². The van der Waals surface area contributed by atoms with Gasteiger partial charge in [0.2, 0.25) is 0 Å². The van der Waals surface area contributed by atoms with E-state index in [0.717, 1.165) is 0 Å². The summed E-state index contributed by atoms with van der Waals surface area (Å²) in [6, 6.07) is 0. The van der Waals surface area contributed by atoms with Crippen LogP contribution in [0.15, 0.2) is 0 Å². The summed E-state index contributed by atoms with van der Waals surface area (Å²) in [5.41, 5.74) is -1.86. The molecule has 86 valence electrons. The molecule has 3 saturated carbocycles. The van der Waals surface area contributed by atoms with Crippen LogP contribution >= 0.6 is 0 Å². The average molecular weight is 264 g/mol. The molecule has 0 nitrogen and oxygen atoms in total. The summed E-state index contributed by atoms with van der Waals surface area (Å²) in [5.74, 6) is -3.19. The molecule has 0 N–H and O–H groups in total. The second-order valence-electron chi connectivity index (χ2n) is 5.46. The molecule has 2 spiro atoms. The molecule has 0 atom stereocenters. The molecule has 16 heavy (non-hydrogen) atoms. The Morgan fingerprint density at radius 3 is 1.81 bits per heavy atom. The molecule has 3 aliphatic rings. The quantitative estimate of drug-likeness (QED) is 0.508. The summed E-state index contributed by atoms with van der Waals surface area (Å²) in [4.78, 5) is 0. The molecule has 3 aliphatic carbocycles. The molecule has 0 radical (unpaired) electrons. The minimum atomic E-state index is -4.80. The maximum atomic E-state index is 13.4. The molecule has 0 saturated heterocycles. The van der Waals surface area contributed by atoms with Crippen molar-refractivity contribution in [3.05, 3.63) is 0 Å². The zero-order valence-corrected chi connectivity index (χ0v) is 12.2. The molecule has 0 aliphatic heterocycles. The third-order valence-corrected chi connectivity index (χ3v) is 4.68. The SMILES string of the molecule is F[B-](F)(F)CC1CC2(C1)C(F)(F)C21CC1.[K+]. The van der Waals surface area contributed by atoms with Crippen molar-refractivity contribution in [3.63, 3.8) is 0 Å². The van der Waals surface area contributed by atoms with Crippen LogP contribution in [0.1, 0.15) is 25.7 Å². The van der Waals surface area contributed by atoms with Crippen LogP contribution in [0.4, 0.5) is 21.7 Å². The Morgan fingerprint density at radius 2 is 1.50 bits per heavy atom. The molecule has 3 fully saturated rings. The van der Waals surface area contributed by atoms with Gasteiger partial charge in [0.05, 0.1) is 0 Å². The first-order chi connectivity index (χ1) is 6.74. The maximum absolute atomic E-state index is 13.4. The van der Waals surface area contributed by atoms with Crippen LogP contribution in [-0.2, 0) is 0 Å². The van der Waals surface area contributed by atoms with E-state index in [0.29, 0.717) is 12.8 Å². The first-order valence-corrected chi connectivity index (χ1v) is 5.33. The number of rotatable bonds is 2. The first kappa shape index (κ1) is 13.8. The van der Waals surface area contributed by atoms with Crippen LogP contribution in [0, 0.1) is 16.7 Å². The van der Waals surface area contributed by atoms with E-state index in [2.05, 4.69) is 0 Å². The van der Waals surface area contributed by atoms with Crippen LogP contribution in [0.25, 0.3) is 0 Å². The zero-order chi connectivity index (χ0) is 11.1. The zero-order valence-electron chi connectivity index (χ0n) is 9.08. The number of hydrogen-bond donors (Lipinski definition) is 0. The second kappa shape index (κ2) is 3.46. The largest absolute Gasteiger partial charge is 1.00 e. The van der Waals surface area contributed by atoms with Crippen LogP contribution in [0.2, 0.25) is 6.32 Å². The average Bonchev–Trinajstić information content (AvgIpc) is 2.78. The van der Waals surface area contributed by atoms with Gasteiger partial charge in [0.25, 0.3) is 5.92 Å². The van der Waals surface area contributed by atoms with E-state index in [1.54, 1.807) is 0 Å². The standard InChI is InChI=1S/C9H11BF5.K/c11-9(12)7(1-2-7)8(9)3-6(4-8)5-10(13,14)15;/h6H,1-5H2;/q-1;+1. The molecule has 3 rings (SSSR count). The van der Waals surface area contributed by atoms with Crippen molar-refractivity contribution in [2.45, 2.75) is 37.9 Å². The summed E-state index contributed by atoms with van der Waals surface area (Å²) >= 11 is 0. The van der Waals surface area contributed by atoms with Crippen molar-refractivity contribution in [2.24, 2.45) is 16.7 Å². The Morgan fingerprint density at radius 1 is 1.00 bits per heavy atom. The molecule has 0 aromatic rings. The third kappa shape index (κ3) is 1.47. The molecule has 0 aromatic carbocycles. The van der Waals surface area contributed by atoms with Gasteiger partial charge in [-0.1, -0.05) is 12.2 Å². The summed E-state index contributed by atoms with van der Waals surface area (Å²) in [6.45, 7) is -4.80. The molecule has 0 bridgehead atoms. The van der Waals surface area contributed by atoms with Crippen molar-refractivity contribution < 1.29 is 73.1 Å². The Bertz CT molecular complexity index is 310. The summed E-state index contributed by atoms with van der Waals surface area (Å²) in [7, 11) is 0. The fourth-order valence-electron chi connectivity index (χ4n) is 3.78. The van der Waals surface area contributed by atoms with Gasteiger partial charge in [0, 0.05) is 10.8 Å². The number of halogens is 5. The molecule has 0 amide bonds. The minimum absolute atomic E-state index is 0. The smallest absolute Gasteiger partial charge is 0.449 e. The molecule has 0 aromatic heterocycles. The van der Waals surface area contributed by atoms with Gasteiger partial charge in [-0.2, -0.15) is 0 Å². The fourth-order valence-corrected chi connectivity index (χ4v) is 3.78. The van der Waals surface area contributed by atoms with Crippen molar-refractivity contribution in [3.8, 4) is 0 Å². The van der Waals surface area contributed by atoms with E-state index >= 15 is 0 Å². The van der Waals surface area contributed by atoms with Gasteiger partial charge >= 0.3 is 58.4 Å². The Kier molecular flexibility index (Phi) is 2.98. The Hall–Kier alpha value is 1.35. The van der Waals surface area contributed by atoms with Crippen LogP contribution < -0.4 is 51.4 Å². The number of hydrogen-bond acceptors (Lipinski definition) is 0. The van der Waals surface area contributed by atoms with Crippen LogP contribution in [0.3, 0.4) is 0 Å². The molecule has 0 heterocycles. The van der Waals surface area contributed by atoms with Crippen molar-refractivity contribution in [1.82, 2.24) is 0 Å². The van der Waals surface area contributed by atoms with E-state index in [9.17, 15) is 21.7 Å². The maximum Gasteiger partial charge on any atom is 1.00 e. The second-order valence-corrected chi connectivity index (χ2v) is 5.46. The van der Waals surface area contributed by atoms with E-state index in [1.807, 2.05) is 0 Å². The van der Waals surface area contributed by atoms with Crippen molar-refractivity contribution >= 4 is 6.98 Å². The van der Waals surface area contributed by atoms with Gasteiger partial charge in [-0.3, -0.25) is 0 Å². The number of fused-ring (bicyclic) bond motifs is 1. The van der Waals surface area contributed by atoms with E-state index in [-0.39, 0.29) is 64.2 Å². The topological polar surface area (TPSA) is 0 Å². The van der Waals surface area contributed by atoms with Gasteiger partial charge < -0.3 is 12.9 Å². The predicted molar refractivity (Wildman–Crippen MR) is 45.7 cm³/mol. The number of alkyl halides is 2. The van der Waals surface area contributed by atoms with Gasteiger partial charge in [0.15, 0.2) is 0 Å². The predicted octanol–water partition coefficient (Wildman–Crippen LogP) is 0.663. The van der Waals surface area contributed by atoms with Crippen LogP contribution in [0.5, 0.6) is 0 Å².